The van der Waals surface area contributed by atoms with Crippen LogP contribution in [0.5, 0.6) is 0 Å². The molecule has 12 heteroatoms. The Bertz CT molecular complexity index is 1160. The Morgan fingerprint density at radius 1 is 1.00 bits per heavy atom. The number of aromatic nitrogens is 3. The SMILES string of the molecule is Nn1c(SCC(=O)N2CCN(CC(=O)Nc3cccc(F)c3)CC2)nnc1-c1ccc(F)cc1. The maximum absolute atomic E-state index is 13.3. The van der Waals surface area contributed by atoms with Gasteiger partial charge in [0.1, 0.15) is 11.6 Å². The third-order valence-electron chi connectivity index (χ3n) is 5.29. The molecule has 0 saturated carbocycles. The number of benzene rings is 2. The topological polar surface area (TPSA) is 109 Å². The lowest BCUT2D eigenvalue weighted by atomic mass is 10.2. The number of nitrogens with zero attached hydrogens (tertiary/aromatic N) is 5. The first kappa shape index (κ1) is 23.6. The van der Waals surface area contributed by atoms with Gasteiger partial charge in [0.25, 0.3) is 0 Å². The number of rotatable bonds is 7. The number of thioether (sulfide) groups is 1. The van der Waals surface area contributed by atoms with Gasteiger partial charge < -0.3 is 16.1 Å². The van der Waals surface area contributed by atoms with Crippen molar-refractivity contribution in [2.24, 2.45) is 0 Å². The zero-order valence-corrected chi connectivity index (χ0v) is 19.0. The summed E-state index contributed by atoms with van der Waals surface area (Å²) in [4.78, 5) is 28.5. The van der Waals surface area contributed by atoms with Crippen molar-refractivity contribution in [1.29, 1.82) is 0 Å². The summed E-state index contributed by atoms with van der Waals surface area (Å²) in [5, 5.41) is 11.1. The van der Waals surface area contributed by atoms with E-state index in [1.165, 1.54) is 46.8 Å². The van der Waals surface area contributed by atoms with Crippen LogP contribution in [0.2, 0.25) is 0 Å². The van der Waals surface area contributed by atoms with Crippen molar-refractivity contribution in [2.75, 3.05) is 49.6 Å². The van der Waals surface area contributed by atoms with E-state index in [1.54, 1.807) is 23.1 Å². The molecule has 2 heterocycles. The molecule has 2 aromatic carbocycles. The van der Waals surface area contributed by atoms with Crippen molar-refractivity contribution in [2.45, 2.75) is 5.16 Å². The standard InChI is InChI=1S/C22H23F2N7O2S/c23-16-6-4-15(5-7-16)21-27-28-22(31(21)25)34-14-20(33)30-10-8-29(9-11-30)13-19(32)26-18-3-1-2-17(24)12-18/h1-7,12H,8-11,13-14,25H2,(H,26,32). The van der Waals surface area contributed by atoms with E-state index in [0.29, 0.717) is 48.4 Å². The molecule has 3 aromatic rings. The number of hydrogen-bond acceptors (Lipinski definition) is 7. The first-order valence-corrected chi connectivity index (χ1v) is 11.5. The van der Waals surface area contributed by atoms with Crippen LogP contribution in [0.1, 0.15) is 0 Å². The van der Waals surface area contributed by atoms with Crippen molar-refractivity contribution in [1.82, 2.24) is 24.7 Å². The summed E-state index contributed by atoms with van der Waals surface area (Å²) in [7, 11) is 0. The summed E-state index contributed by atoms with van der Waals surface area (Å²) in [6.07, 6.45) is 0. The number of piperazine rings is 1. The Labute approximate surface area is 198 Å². The second-order valence-electron chi connectivity index (χ2n) is 7.69. The number of nitrogen functional groups attached to an aromatic ring is 1. The molecule has 4 rings (SSSR count). The van der Waals surface area contributed by atoms with Crippen LogP contribution in [0.3, 0.4) is 0 Å². The van der Waals surface area contributed by atoms with Gasteiger partial charge >= 0.3 is 0 Å². The van der Waals surface area contributed by atoms with E-state index in [4.69, 9.17) is 5.84 Å². The van der Waals surface area contributed by atoms with Crippen LogP contribution in [-0.4, -0.2) is 75.0 Å². The molecule has 0 unspecified atom stereocenters. The van der Waals surface area contributed by atoms with Crippen molar-refractivity contribution in [3.8, 4) is 11.4 Å². The number of anilines is 1. The van der Waals surface area contributed by atoms with Crippen molar-refractivity contribution >= 4 is 29.3 Å². The molecular formula is C22H23F2N7O2S. The summed E-state index contributed by atoms with van der Waals surface area (Å²) in [5.74, 6) is 5.48. The van der Waals surface area contributed by atoms with Gasteiger partial charge in [0.05, 0.1) is 12.3 Å². The first-order valence-electron chi connectivity index (χ1n) is 10.5. The molecule has 0 radical (unpaired) electrons. The molecule has 1 saturated heterocycles. The number of hydrogen-bond donors (Lipinski definition) is 2. The van der Waals surface area contributed by atoms with Crippen LogP contribution in [-0.2, 0) is 9.59 Å². The zero-order valence-electron chi connectivity index (χ0n) is 18.2. The highest BCUT2D eigenvalue weighted by atomic mass is 32.2. The fourth-order valence-corrected chi connectivity index (χ4v) is 4.27. The molecule has 3 N–H and O–H groups in total. The molecule has 1 fully saturated rings. The summed E-state index contributed by atoms with van der Waals surface area (Å²) in [6, 6.07) is 11.5. The van der Waals surface area contributed by atoms with Crippen LogP contribution >= 0.6 is 11.8 Å². The number of nitrogens with one attached hydrogen (secondary N) is 1. The molecular weight excluding hydrogens is 464 g/mol. The van der Waals surface area contributed by atoms with E-state index < -0.39 is 5.82 Å². The molecule has 0 aliphatic carbocycles. The summed E-state index contributed by atoms with van der Waals surface area (Å²) in [5.41, 5.74) is 1.03. The van der Waals surface area contributed by atoms with Crippen LogP contribution in [0.15, 0.2) is 53.7 Å². The van der Waals surface area contributed by atoms with Gasteiger partial charge in [-0.1, -0.05) is 17.8 Å². The van der Waals surface area contributed by atoms with Crippen LogP contribution in [0.25, 0.3) is 11.4 Å². The maximum atomic E-state index is 13.3. The highest BCUT2D eigenvalue weighted by molar-refractivity contribution is 7.99. The van der Waals surface area contributed by atoms with Gasteiger partial charge in [0, 0.05) is 37.4 Å². The van der Waals surface area contributed by atoms with Crippen molar-refractivity contribution < 1.29 is 18.4 Å². The number of amides is 2. The van der Waals surface area contributed by atoms with E-state index in [9.17, 15) is 18.4 Å². The van der Waals surface area contributed by atoms with E-state index in [1.807, 2.05) is 4.90 Å². The Morgan fingerprint density at radius 2 is 1.74 bits per heavy atom. The van der Waals surface area contributed by atoms with Gasteiger partial charge in [0.2, 0.25) is 17.0 Å². The second-order valence-corrected chi connectivity index (χ2v) is 8.63. The molecule has 9 nitrogen and oxygen atoms in total. The average molecular weight is 488 g/mol. The van der Waals surface area contributed by atoms with Crippen LogP contribution < -0.4 is 11.2 Å². The van der Waals surface area contributed by atoms with E-state index in [2.05, 4.69) is 15.5 Å². The van der Waals surface area contributed by atoms with E-state index in [-0.39, 0.29) is 29.9 Å². The molecule has 2 amide bonds. The third kappa shape index (κ3) is 5.88. The highest BCUT2D eigenvalue weighted by Gasteiger charge is 2.23. The van der Waals surface area contributed by atoms with Crippen molar-refractivity contribution in [3.05, 3.63) is 60.2 Å². The van der Waals surface area contributed by atoms with E-state index >= 15 is 0 Å². The van der Waals surface area contributed by atoms with Crippen LogP contribution in [0, 0.1) is 11.6 Å². The van der Waals surface area contributed by atoms with Gasteiger partial charge in [-0.3, -0.25) is 14.5 Å². The maximum Gasteiger partial charge on any atom is 0.238 e. The average Bonchev–Trinajstić information content (AvgIpc) is 3.18. The molecule has 0 atom stereocenters. The third-order valence-corrected chi connectivity index (χ3v) is 6.22. The lowest BCUT2D eigenvalue weighted by Gasteiger charge is -2.34. The Morgan fingerprint density at radius 3 is 2.44 bits per heavy atom. The Kier molecular flexibility index (Phi) is 7.38. The lowest BCUT2D eigenvalue weighted by Crippen LogP contribution is -2.50. The fourth-order valence-electron chi connectivity index (χ4n) is 3.51. The van der Waals surface area contributed by atoms with Crippen molar-refractivity contribution in [3.63, 3.8) is 0 Å². The van der Waals surface area contributed by atoms with Gasteiger partial charge in [0.15, 0.2) is 5.82 Å². The van der Waals surface area contributed by atoms with Gasteiger partial charge in [-0.2, -0.15) is 0 Å². The summed E-state index contributed by atoms with van der Waals surface area (Å²) < 4.78 is 27.7. The summed E-state index contributed by atoms with van der Waals surface area (Å²) >= 11 is 1.17. The number of halogens is 2. The van der Waals surface area contributed by atoms with E-state index in [0.717, 1.165) is 0 Å². The minimum atomic E-state index is -0.414. The van der Waals surface area contributed by atoms with Gasteiger partial charge in [-0.05, 0) is 42.5 Å². The summed E-state index contributed by atoms with van der Waals surface area (Å²) in [6.45, 7) is 2.24. The molecule has 0 spiro atoms. The number of carbonyl (C=O) groups is 2. The predicted molar refractivity (Wildman–Crippen MR) is 124 cm³/mol. The molecule has 1 aliphatic rings. The highest BCUT2D eigenvalue weighted by Crippen LogP contribution is 2.22. The molecule has 1 aromatic heterocycles. The smallest absolute Gasteiger partial charge is 0.238 e. The minimum Gasteiger partial charge on any atom is -0.339 e. The molecule has 0 bridgehead atoms. The predicted octanol–water partition coefficient (Wildman–Crippen LogP) is 1.81. The van der Waals surface area contributed by atoms with Gasteiger partial charge in [-0.15, -0.1) is 10.2 Å². The lowest BCUT2D eigenvalue weighted by molar-refractivity contribution is -0.130. The Balaban J connectivity index is 1.23. The number of carbonyl (C=O) groups excluding carboxylic acids is 2. The minimum absolute atomic E-state index is 0.0693. The fraction of sp³-hybridized carbons (Fsp3) is 0.273. The zero-order chi connectivity index (χ0) is 24.1. The van der Waals surface area contributed by atoms with Gasteiger partial charge in [-0.25, -0.2) is 13.5 Å². The Hall–Kier alpha value is -3.51. The largest absolute Gasteiger partial charge is 0.339 e. The molecule has 1 aliphatic heterocycles. The quantitative estimate of drug-likeness (QED) is 0.386. The van der Waals surface area contributed by atoms with Crippen LogP contribution in [0.4, 0.5) is 14.5 Å². The first-order chi connectivity index (χ1) is 16.4. The second kappa shape index (κ2) is 10.6. The monoisotopic (exact) mass is 487 g/mol. The normalized spacial score (nSPS) is 14.2. The number of nitrogens with two attached hydrogens (primary N) is 1. The molecule has 34 heavy (non-hydrogen) atoms. The molecule has 178 valence electrons.